The van der Waals surface area contributed by atoms with E-state index in [9.17, 15) is 4.79 Å². The Labute approximate surface area is 106 Å². The molecule has 1 unspecified atom stereocenters. The zero-order valence-electron chi connectivity index (χ0n) is 10.7. The fourth-order valence-corrected chi connectivity index (χ4v) is 2.74. The fourth-order valence-electron chi connectivity index (χ4n) is 2.74. The number of aromatic amines is 1. The first-order valence-electron chi connectivity index (χ1n) is 6.66. The number of ether oxygens (including phenoxy) is 1. The molecule has 1 saturated heterocycles. The van der Waals surface area contributed by atoms with Crippen molar-refractivity contribution in [2.45, 2.75) is 44.8 Å². The Morgan fingerprint density at radius 3 is 3.06 bits per heavy atom. The molecule has 5 heteroatoms. The highest BCUT2D eigenvalue weighted by Crippen LogP contribution is 2.32. The quantitative estimate of drug-likeness (QED) is 0.773. The number of rotatable bonds is 1. The molecule has 1 fully saturated rings. The van der Waals surface area contributed by atoms with E-state index in [2.05, 4.69) is 15.3 Å². The molecule has 2 aliphatic rings. The summed E-state index contributed by atoms with van der Waals surface area (Å²) >= 11 is 0. The number of nitrogens with one attached hydrogen (secondary N) is 2. The summed E-state index contributed by atoms with van der Waals surface area (Å²) in [4.78, 5) is 19.6. The molecule has 1 atom stereocenters. The maximum Gasteiger partial charge on any atom is 0.254 e. The molecule has 0 spiro atoms. The second kappa shape index (κ2) is 4.48. The lowest BCUT2D eigenvalue weighted by Gasteiger charge is -2.33. The number of nitrogens with zero attached hydrogens (tertiary/aromatic N) is 1. The normalized spacial score (nSPS) is 27.8. The maximum absolute atomic E-state index is 12.1. The zero-order valence-corrected chi connectivity index (χ0v) is 10.7. The fraction of sp³-hybridized carbons (Fsp3) is 0.692. The van der Waals surface area contributed by atoms with Crippen molar-refractivity contribution < 1.29 is 4.74 Å². The predicted octanol–water partition coefficient (Wildman–Crippen LogP) is 0.831. The van der Waals surface area contributed by atoms with Crippen molar-refractivity contribution in [1.82, 2.24) is 15.3 Å². The lowest BCUT2D eigenvalue weighted by Crippen LogP contribution is -2.38. The minimum absolute atomic E-state index is 0.00639. The van der Waals surface area contributed by atoms with E-state index in [1.165, 1.54) is 0 Å². The van der Waals surface area contributed by atoms with Crippen LogP contribution < -0.4 is 10.9 Å². The molecule has 2 aliphatic heterocycles. The monoisotopic (exact) mass is 249 g/mol. The average molecular weight is 249 g/mol. The van der Waals surface area contributed by atoms with Gasteiger partial charge in [-0.05, 0) is 39.2 Å². The minimum Gasteiger partial charge on any atom is -0.367 e. The smallest absolute Gasteiger partial charge is 0.254 e. The maximum atomic E-state index is 12.1. The van der Waals surface area contributed by atoms with Crippen LogP contribution in [0.15, 0.2) is 4.79 Å². The number of fused-ring (bicyclic) bond motifs is 1. The lowest BCUT2D eigenvalue weighted by molar-refractivity contribution is -0.0763. The van der Waals surface area contributed by atoms with Gasteiger partial charge >= 0.3 is 0 Å². The highest BCUT2D eigenvalue weighted by molar-refractivity contribution is 5.22. The number of hydrogen-bond acceptors (Lipinski definition) is 4. The van der Waals surface area contributed by atoms with Crippen LogP contribution in [0.5, 0.6) is 0 Å². The Morgan fingerprint density at radius 1 is 1.39 bits per heavy atom. The Hall–Kier alpha value is -1.20. The van der Waals surface area contributed by atoms with Crippen LogP contribution in [0.3, 0.4) is 0 Å². The Bertz CT molecular complexity index is 503. The first kappa shape index (κ1) is 11.9. The summed E-state index contributed by atoms with van der Waals surface area (Å²) < 4.78 is 5.84. The molecule has 3 rings (SSSR count). The Balaban J connectivity index is 2.02. The Kier molecular flexibility index (Phi) is 2.95. The summed E-state index contributed by atoms with van der Waals surface area (Å²) in [6, 6.07) is 0. The van der Waals surface area contributed by atoms with Gasteiger partial charge in [-0.15, -0.1) is 0 Å². The topological polar surface area (TPSA) is 67.0 Å². The minimum atomic E-state index is -0.427. The van der Waals surface area contributed by atoms with Crippen LogP contribution in [-0.2, 0) is 23.3 Å². The average Bonchev–Trinajstić information content (AvgIpc) is 2.39. The molecule has 0 amide bonds. The van der Waals surface area contributed by atoms with Crippen LogP contribution in [0.2, 0.25) is 0 Å². The van der Waals surface area contributed by atoms with Crippen molar-refractivity contribution in [3.8, 4) is 0 Å². The largest absolute Gasteiger partial charge is 0.367 e. The van der Waals surface area contributed by atoms with Crippen molar-refractivity contribution >= 4 is 0 Å². The van der Waals surface area contributed by atoms with E-state index in [1.807, 2.05) is 6.92 Å². The predicted molar refractivity (Wildman–Crippen MR) is 67.4 cm³/mol. The lowest BCUT2D eigenvalue weighted by atomic mass is 9.94. The van der Waals surface area contributed by atoms with Crippen LogP contribution in [0.4, 0.5) is 0 Å². The van der Waals surface area contributed by atoms with Gasteiger partial charge in [-0.2, -0.15) is 0 Å². The molecule has 1 aromatic heterocycles. The molecular formula is C13H19N3O2. The standard InChI is InChI=1S/C13H19N3O2/c1-13(5-2-3-7-18-13)12-15-10-8-14-6-4-9(10)11(17)16-12/h14H,2-8H2,1H3,(H,15,16,17). The molecule has 5 nitrogen and oxygen atoms in total. The van der Waals surface area contributed by atoms with Gasteiger partial charge in [0, 0.05) is 18.7 Å². The van der Waals surface area contributed by atoms with Crippen LogP contribution in [0, 0.1) is 0 Å². The highest BCUT2D eigenvalue weighted by Gasteiger charge is 2.33. The highest BCUT2D eigenvalue weighted by atomic mass is 16.5. The van der Waals surface area contributed by atoms with Gasteiger partial charge in [-0.1, -0.05) is 0 Å². The van der Waals surface area contributed by atoms with Crippen LogP contribution in [-0.4, -0.2) is 23.1 Å². The van der Waals surface area contributed by atoms with Gasteiger partial charge < -0.3 is 15.0 Å². The van der Waals surface area contributed by atoms with Crippen LogP contribution in [0.25, 0.3) is 0 Å². The van der Waals surface area contributed by atoms with Gasteiger partial charge in [0.15, 0.2) is 0 Å². The molecule has 0 saturated carbocycles. The molecular weight excluding hydrogens is 230 g/mol. The third-order valence-electron chi connectivity index (χ3n) is 3.92. The molecule has 18 heavy (non-hydrogen) atoms. The molecule has 2 N–H and O–H groups in total. The van der Waals surface area contributed by atoms with Crippen molar-refractivity contribution in [1.29, 1.82) is 0 Å². The molecule has 0 radical (unpaired) electrons. The van der Waals surface area contributed by atoms with E-state index in [-0.39, 0.29) is 5.56 Å². The van der Waals surface area contributed by atoms with Crippen molar-refractivity contribution in [3.63, 3.8) is 0 Å². The second-order valence-electron chi connectivity index (χ2n) is 5.30. The second-order valence-corrected chi connectivity index (χ2v) is 5.30. The van der Waals surface area contributed by atoms with Gasteiger partial charge in [0.2, 0.25) is 0 Å². The SMILES string of the molecule is CC1(c2nc3c(c(=O)[nH]2)CCNC3)CCCCO1. The van der Waals surface area contributed by atoms with Gasteiger partial charge in [-0.25, -0.2) is 4.98 Å². The molecule has 1 aromatic rings. The van der Waals surface area contributed by atoms with E-state index in [1.54, 1.807) is 0 Å². The van der Waals surface area contributed by atoms with Gasteiger partial charge in [-0.3, -0.25) is 4.79 Å². The van der Waals surface area contributed by atoms with E-state index >= 15 is 0 Å². The zero-order chi connectivity index (χ0) is 12.6. The van der Waals surface area contributed by atoms with Crippen molar-refractivity contribution in [3.05, 3.63) is 27.4 Å². The molecule has 0 bridgehead atoms. The third-order valence-corrected chi connectivity index (χ3v) is 3.92. The van der Waals surface area contributed by atoms with Crippen molar-refractivity contribution in [2.24, 2.45) is 0 Å². The summed E-state index contributed by atoms with van der Waals surface area (Å²) in [6.07, 6.45) is 3.89. The number of H-pyrrole nitrogens is 1. The first-order valence-corrected chi connectivity index (χ1v) is 6.66. The third kappa shape index (κ3) is 1.97. The van der Waals surface area contributed by atoms with Gasteiger partial charge in [0.05, 0.1) is 5.69 Å². The Morgan fingerprint density at radius 2 is 2.28 bits per heavy atom. The van der Waals surface area contributed by atoms with Crippen LogP contribution in [0.1, 0.15) is 43.3 Å². The summed E-state index contributed by atoms with van der Waals surface area (Å²) in [5, 5.41) is 3.25. The van der Waals surface area contributed by atoms with Gasteiger partial charge in [0.25, 0.3) is 5.56 Å². The molecule has 0 aromatic carbocycles. The number of hydrogen-bond donors (Lipinski definition) is 2. The number of aromatic nitrogens is 2. The van der Waals surface area contributed by atoms with E-state index in [4.69, 9.17) is 4.74 Å². The van der Waals surface area contributed by atoms with Gasteiger partial charge in [0.1, 0.15) is 11.4 Å². The van der Waals surface area contributed by atoms with Crippen LogP contribution >= 0.6 is 0 Å². The summed E-state index contributed by atoms with van der Waals surface area (Å²) in [7, 11) is 0. The van der Waals surface area contributed by atoms with E-state index < -0.39 is 5.60 Å². The summed E-state index contributed by atoms with van der Waals surface area (Å²) in [5.74, 6) is 0.689. The van der Waals surface area contributed by atoms with Crippen molar-refractivity contribution in [2.75, 3.05) is 13.2 Å². The molecule has 0 aliphatic carbocycles. The molecule has 98 valence electrons. The van der Waals surface area contributed by atoms with E-state index in [0.717, 1.165) is 50.1 Å². The summed E-state index contributed by atoms with van der Waals surface area (Å²) in [6.45, 7) is 4.30. The summed E-state index contributed by atoms with van der Waals surface area (Å²) in [5.41, 5.74) is 1.29. The first-order chi connectivity index (χ1) is 8.69. The molecule has 3 heterocycles. The van der Waals surface area contributed by atoms with E-state index in [0.29, 0.717) is 12.4 Å².